The average Bonchev–Trinajstić information content (AvgIpc) is 2.93. The summed E-state index contributed by atoms with van der Waals surface area (Å²) >= 11 is 5.69. The molecule has 1 N–H and O–H groups in total. The maximum Gasteiger partial charge on any atom is 0.445 e. The lowest BCUT2D eigenvalue weighted by molar-refractivity contribution is -0.239. The van der Waals surface area contributed by atoms with Gasteiger partial charge >= 0.3 is 12.3 Å². The highest BCUT2D eigenvalue weighted by Crippen LogP contribution is 2.48. The molecule has 1 heterocycles. The number of benzene rings is 1. The van der Waals surface area contributed by atoms with Crippen LogP contribution in [-0.2, 0) is 10.3 Å². The monoisotopic (exact) mass is 324 g/mol. The summed E-state index contributed by atoms with van der Waals surface area (Å²) in [5.41, 5.74) is -6.56. The average molecular weight is 325 g/mol. The molecule has 0 aromatic heterocycles. The Balaban J connectivity index is 2.42. The van der Waals surface area contributed by atoms with Crippen LogP contribution in [-0.4, -0.2) is 12.3 Å². The summed E-state index contributed by atoms with van der Waals surface area (Å²) in [6.45, 7) is 0. The molecule has 1 aromatic rings. The topological polar surface area (TPSA) is 38.3 Å². The zero-order chi connectivity index (χ0) is 23.2. The molecular weight excluding hydrogens is 307 g/mol. The molecule has 1 saturated carbocycles. The maximum atomic E-state index is 14.2. The second-order valence-corrected chi connectivity index (χ2v) is 4.32. The van der Waals surface area contributed by atoms with Gasteiger partial charge in [0.1, 0.15) is 0 Å². The molecule has 0 radical (unpaired) electrons. The minimum absolute atomic E-state index is 0.276. The summed E-state index contributed by atoms with van der Waals surface area (Å²) in [7, 11) is 0. The van der Waals surface area contributed by atoms with Gasteiger partial charge in [-0.1, -0.05) is 17.5 Å². The van der Waals surface area contributed by atoms with Crippen LogP contribution in [0.2, 0.25) is 6.43 Å². The molecule has 0 unspecified atom stereocenters. The van der Waals surface area contributed by atoms with Gasteiger partial charge in [-0.2, -0.15) is 13.2 Å². The third-order valence-electron chi connectivity index (χ3n) is 2.57. The molecule has 0 spiro atoms. The first kappa shape index (κ1) is 6.93. The second-order valence-electron chi connectivity index (χ2n) is 3.95. The Kier molecular flexibility index (Phi) is 1.51. The van der Waals surface area contributed by atoms with Crippen molar-refractivity contribution in [2.75, 3.05) is 5.31 Å². The Morgan fingerprint density at radius 1 is 1.62 bits per heavy atom. The van der Waals surface area contributed by atoms with Crippen LogP contribution >= 0.6 is 11.6 Å². The Labute approximate surface area is 136 Å². The number of amides is 1. The lowest BCUT2D eigenvalue weighted by Gasteiger charge is -2.35. The molecule has 1 aliphatic carbocycles. The third kappa shape index (κ3) is 2.42. The van der Waals surface area contributed by atoms with Crippen molar-refractivity contribution >= 4 is 23.4 Å². The van der Waals surface area contributed by atoms with Gasteiger partial charge in [-0.3, -0.25) is 5.31 Å². The van der Waals surface area contributed by atoms with Crippen LogP contribution in [0.4, 0.5) is 23.7 Å². The van der Waals surface area contributed by atoms with E-state index in [-0.39, 0.29) is 5.31 Å². The SMILES string of the molecule is [2H]c1c([2H])c2c(c([2H])c1Cl)[C@@](C#CC1([2H])C([2H])([2H])C1([2H])[2H])(C(F)(F)F)OC(=O)N2[2H]. The number of carbonyl (C=O) groups excluding carboxylic acids is 1. The number of hydrogen-bond donors (Lipinski definition) is 1. The van der Waals surface area contributed by atoms with Crippen LogP contribution < -0.4 is 5.31 Å². The molecule has 0 saturated heterocycles. The van der Waals surface area contributed by atoms with Crippen LogP contribution in [0, 0.1) is 17.7 Å². The number of ether oxygens (including phenoxy) is 1. The number of hydrogen-bond acceptors (Lipinski definition) is 2. The molecule has 3 nitrogen and oxygen atoms in total. The first-order chi connectivity index (χ1) is 13.4. The van der Waals surface area contributed by atoms with Gasteiger partial charge in [-0.15, -0.1) is 0 Å². The molecule has 7 heteroatoms. The van der Waals surface area contributed by atoms with Gasteiger partial charge in [0.05, 0.1) is 9.80 Å². The van der Waals surface area contributed by atoms with Crippen LogP contribution in [0.1, 0.15) is 29.3 Å². The van der Waals surface area contributed by atoms with E-state index in [4.69, 9.17) is 24.0 Å². The van der Waals surface area contributed by atoms with Gasteiger partial charge in [0.15, 0.2) is 1.41 Å². The number of fused-ring (bicyclic) bond motifs is 1. The molecule has 1 aromatic carbocycles. The fourth-order valence-corrected chi connectivity index (χ4v) is 1.76. The highest BCUT2D eigenvalue weighted by atomic mass is 35.5. The van der Waals surface area contributed by atoms with Crippen molar-refractivity contribution in [3.05, 3.63) is 28.7 Å². The van der Waals surface area contributed by atoms with Crippen LogP contribution in [0.3, 0.4) is 0 Å². The first-order valence-electron chi connectivity index (χ1n) is 9.76. The largest absolute Gasteiger partial charge is 0.445 e. The van der Waals surface area contributed by atoms with E-state index in [0.717, 1.165) is 0 Å². The number of cyclic esters (lactones) is 1. The summed E-state index contributed by atoms with van der Waals surface area (Å²) in [6.07, 6.45) is -13.5. The number of halogens is 4. The van der Waals surface area contributed by atoms with Gasteiger partial charge in [0, 0.05) is 23.3 Å². The van der Waals surface area contributed by atoms with E-state index < -0.39 is 70.9 Å². The summed E-state index contributed by atoms with van der Waals surface area (Å²) in [4.78, 5) is 12.0. The van der Waals surface area contributed by atoms with Crippen molar-refractivity contribution in [2.45, 2.75) is 24.5 Å². The predicted octanol–water partition coefficient (Wildman–Crippen LogP) is 4.07. The van der Waals surface area contributed by atoms with Crippen molar-refractivity contribution in [1.82, 2.24) is 0 Å². The Morgan fingerprint density at radius 2 is 2.33 bits per heavy atom. The van der Waals surface area contributed by atoms with Crippen LogP contribution in [0.15, 0.2) is 18.1 Å². The smallest absolute Gasteiger partial charge is 0.415 e. The summed E-state index contributed by atoms with van der Waals surface area (Å²) in [5, 5.41) is -1.19. The van der Waals surface area contributed by atoms with E-state index in [1.165, 1.54) is 5.92 Å². The quantitative estimate of drug-likeness (QED) is 0.730. The lowest BCUT2D eigenvalue weighted by Crippen LogP contribution is -2.49. The number of nitrogens with one attached hydrogen (secondary N) is 1. The first-order valence-corrected chi connectivity index (χ1v) is 5.69. The van der Waals surface area contributed by atoms with Crippen LogP contribution in [0.5, 0.6) is 0 Å². The van der Waals surface area contributed by atoms with Crippen molar-refractivity contribution in [3.8, 4) is 11.8 Å². The second kappa shape index (κ2) is 4.57. The van der Waals surface area contributed by atoms with E-state index >= 15 is 0 Å². The number of carbonyl (C=O) groups is 1. The third-order valence-corrected chi connectivity index (χ3v) is 2.76. The van der Waals surface area contributed by atoms with E-state index in [1.54, 1.807) is 5.92 Å². The zero-order valence-corrected chi connectivity index (χ0v) is 10.5. The van der Waals surface area contributed by atoms with Crippen molar-refractivity contribution in [2.24, 2.45) is 5.89 Å². The van der Waals surface area contributed by atoms with Crippen molar-refractivity contribution in [3.63, 3.8) is 0 Å². The summed E-state index contributed by atoms with van der Waals surface area (Å²) in [6, 6.07) is -3.24. The van der Waals surface area contributed by atoms with E-state index in [1.807, 2.05) is 0 Å². The molecule has 1 amide bonds. The summed E-state index contributed by atoms with van der Waals surface area (Å²) < 4.78 is 115. The predicted molar refractivity (Wildman–Crippen MR) is 69.8 cm³/mol. The lowest BCUT2D eigenvalue weighted by atomic mass is 9.90. The molecule has 1 aliphatic heterocycles. The molecule has 1 fully saturated rings. The van der Waals surface area contributed by atoms with Gasteiger partial charge in [-0.25, -0.2) is 4.79 Å². The Hall–Kier alpha value is -1.87. The minimum Gasteiger partial charge on any atom is -0.415 e. The van der Waals surface area contributed by atoms with Crippen LogP contribution in [0.25, 0.3) is 0 Å². The number of rotatable bonds is 0. The standard InChI is InChI=1S/C14H9ClF3NO2/c15-9-3-4-11-10(7-9)13(14(16,17)18,21-12(20)19-11)6-5-8-1-2-8/h3-4,7-8H,1-2H2,(H,19,20)/t13-/m0/s1/i1D2,2D2,3D,4D,7D,8D/hD. The van der Waals surface area contributed by atoms with E-state index in [0.29, 0.717) is 0 Å². The molecule has 110 valence electrons. The molecule has 1 atom stereocenters. The highest BCUT2D eigenvalue weighted by molar-refractivity contribution is 6.30. The van der Waals surface area contributed by atoms with E-state index in [9.17, 15) is 18.0 Å². The highest BCUT2D eigenvalue weighted by Gasteiger charge is 2.62. The minimum atomic E-state index is -5.63. The Morgan fingerprint density at radius 3 is 2.95 bits per heavy atom. The molecule has 2 aliphatic rings. The van der Waals surface area contributed by atoms with Gasteiger partial charge in [0.25, 0.3) is 5.60 Å². The fraction of sp³-hybridized carbons (Fsp3) is 0.357. The fourth-order valence-electron chi connectivity index (χ4n) is 1.61. The van der Waals surface area contributed by atoms with Gasteiger partial charge in [0.2, 0.25) is 0 Å². The van der Waals surface area contributed by atoms with Gasteiger partial charge < -0.3 is 4.74 Å². The van der Waals surface area contributed by atoms with Gasteiger partial charge in [-0.05, 0) is 36.8 Å². The number of anilines is 1. The summed E-state index contributed by atoms with van der Waals surface area (Å²) in [5.74, 6) is -0.0156. The number of alkyl halides is 3. The molecule has 3 rings (SSSR count). The zero-order valence-electron chi connectivity index (χ0n) is 18.8. The van der Waals surface area contributed by atoms with E-state index in [2.05, 4.69) is 4.74 Å². The molecule has 21 heavy (non-hydrogen) atoms. The molecular formula is C14H9ClF3NO2. The maximum absolute atomic E-state index is 14.2. The van der Waals surface area contributed by atoms with Crippen molar-refractivity contribution in [1.29, 1.82) is 0 Å². The van der Waals surface area contributed by atoms with Crippen molar-refractivity contribution < 1.29 is 35.1 Å². The molecule has 0 bridgehead atoms. The normalized spacial score (nSPS) is 37.2. The Bertz CT molecular complexity index is 1040.